The Morgan fingerprint density at radius 3 is 2.11 bits per heavy atom. The summed E-state index contributed by atoms with van der Waals surface area (Å²) in [7, 11) is 0. The summed E-state index contributed by atoms with van der Waals surface area (Å²) in [5, 5.41) is 9.62. The van der Waals surface area contributed by atoms with Crippen LogP contribution in [0.25, 0.3) is 119 Å². The maximum absolute atomic E-state index is 6.92. The summed E-state index contributed by atoms with van der Waals surface area (Å²) in [4.78, 5) is 6.01. The van der Waals surface area contributed by atoms with Gasteiger partial charge in [0.1, 0.15) is 22.3 Å². The monoisotopic (exact) mass is 1100 g/mol. The average Bonchev–Trinajstić information content (AvgIpc) is 2.03. The van der Waals surface area contributed by atoms with Crippen molar-refractivity contribution in [1.29, 1.82) is 0 Å². The van der Waals surface area contributed by atoms with Crippen LogP contribution in [-0.2, 0) is 6.42 Å². The lowest BCUT2D eigenvalue weighted by Gasteiger charge is -2.28. The highest BCUT2D eigenvalue weighted by atomic mass is 32.1. The first-order valence-electron chi connectivity index (χ1n) is 30.0. The minimum Gasteiger partial charge on any atom is -0.456 e. The van der Waals surface area contributed by atoms with Crippen LogP contribution in [0.5, 0.6) is 0 Å². The van der Waals surface area contributed by atoms with Crippen molar-refractivity contribution < 1.29 is 8.83 Å². The summed E-state index contributed by atoms with van der Waals surface area (Å²) < 4.78 is 18.7. The molecule has 5 heterocycles. The van der Waals surface area contributed by atoms with Gasteiger partial charge in [0.15, 0.2) is 0 Å². The highest BCUT2D eigenvalue weighted by Gasteiger charge is 2.37. The number of hydrogen-bond donors (Lipinski definition) is 0. The number of fused-ring (bicyclic) bond motifs is 16. The normalized spacial score (nSPS) is 19.2. The molecule has 14 aromatic rings. The van der Waals surface area contributed by atoms with Gasteiger partial charge in [0.05, 0.1) is 22.8 Å². The molecule has 0 bridgehead atoms. The summed E-state index contributed by atoms with van der Waals surface area (Å²) in [6.45, 7) is 9.65. The molecule has 3 aliphatic rings. The van der Waals surface area contributed by atoms with Gasteiger partial charge in [-0.2, -0.15) is 0 Å². The summed E-state index contributed by atoms with van der Waals surface area (Å²) >= 11 is 1.87. The second-order valence-corrected chi connectivity index (χ2v) is 25.1. The van der Waals surface area contributed by atoms with Gasteiger partial charge in [-0.25, -0.2) is 0 Å². The molecule has 4 unspecified atom stereocenters. The number of para-hydroxylation sites is 2. The molecular formula is C79H60N2O2S. The lowest BCUT2D eigenvalue weighted by Crippen LogP contribution is -2.17. The maximum atomic E-state index is 6.92. The Morgan fingerprint density at radius 1 is 0.524 bits per heavy atom. The van der Waals surface area contributed by atoms with Crippen LogP contribution in [-0.4, -0.2) is 10.3 Å². The Kier molecular flexibility index (Phi) is 11.2. The van der Waals surface area contributed by atoms with Gasteiger partial charge in [0, 0.05) is 63.7 Å². The molecule has 0 N–H and O–H groups in total. The number of hydrogen-bond acceptors (Lipinski definition) is 4. The first-order valence-corrected chi connectivity index (χ1v) is 30.8. The molecule has 4 nitrogen and oxygen atoms in total. The molecule has 2 aliphatic carbocycles. The van der Waals surface area contributed by atoms with Crippen LogP contribution in [0.1, 0.15) is 80.3 Å². The molecule has 0 spiro atoms. The van der Waals surface area contributed by atoms with E-state index in [4.69, 9.17) is 13.8 Å². The quantitative estimate of drug-likeness (QED) is 0.167. The minimum absolute atomic E-state index is 0.104. The van der Waals surface area contributed by atoms with Crippen molar-refractivity contribution in [3.8, 4) is 27.9 Å². The lowest BCUT2D eigenvalue weighted by molar-refractivity contribution is 0.398. The lowest BCUT2D eigenvalue weighted by atomic mass is 9.76. The molecule has 0 saturated heterocycles. The summed E-state index contributed by atoms with van der Waals surface area (Å²) in [6.07, 6.45) is 10.3. The van der Waals surface area contributed by atoms with E-state index in [-0.39, 0.29) is 23.8 Å². The minimum atomic E-state index is -0.132. The summed E-state index contributed by atoms with van der Waals surface area (Å²) in [5.74, 6) is 0.904. The molecule has 0 amide bonds. The first kappa shape index (κ1) is 49.3. The van der Waals surface area contributed by atoms with Crippen molar-refractivity contribution in [3.63, 3.8) is 0 Å². The zero-order chi connectivity index (χ0) is 55.9. The van der Waals surface area contributed by atoms with E-state index in [1.165, 1.54) is 97.8 Å². The van der Waals surface area contributed by atoms with Crippen molar-refractivity contribution in [2.45, 2.75) is 58.9 Å². The number of aliphatic imine (C=N–C) groups is 1. The Bertz CT molecular complexity index is 5210. The molecule has 84 heavy (non-hydrogen) atoms. The van der Waals surface area contributed by atoms with Gasteiger partial charge in [-0.05, 0) is 178 Å². The third-order valence-corrected chi connectivity index (χ3v) is 20.7. The number of thiophene rings is 1. The number of furan rings is 2. The van der Waals surface area contributed by atoms with E-state index >= 15 is 0 Å². The Morgan fingerprint density at radius 2 is 1.23 bits per heavy atom. The van der Waals surface area contributed by atoms with Crippen LogP contribution in [0.15, 0.2) is 249 Å². The van der Waals surface area contributed by atoms with Crippen molar-refractivity contribution in [1.82, 2.24) is 4.57 Å². The zero-order valence-corrected chi connectivity index (χ0v) is 48.3. The van der Waals surface area contributed by atoms with E-state index in [1.807, 2.05) is 17.4 Å². The van der Waals surface area contributed by atoms with Gasteiger partial charge in [-0.1, -0.05) is 178 Å². The first-order chi connectivity index (χ1) is 41.3. The highest BCUT2D eigenvalue weighted by molar-refractivity contribution is 7.25. The largest absolute Gasteiger partial charge is 0.456 e. The second-order valence-electron chi connectivity index (χ2n) is 24.0. The van der Waals surface area contributed by atoms with Gasteiger partial charge >= 0.3 is 0 Å². The third kappa shape index (κ3) is 7.47. The topological polar surface area (TPSA) is 43.6 Å². The maximum Gasteiger partial charge on any atom is 0.136 e. The number of aromatic nitrogens is 1. The number of benzene rings is 10. The molecule has 10 aromatic carbocycles. The zero-order valence-electron chi connectivity index (χ0n) is 47.5. The van der Waals surface area contributed by atoms with Gasteiger partial charge in [-0.15, -0.1) is 11.3 Å². The molecule has 0 fully saturated rings. The molecule has 1 aliphatic heterocycles. The number of allylic oxidation sites excluding steroid dienone is 6. The van der Waals surface area contributed by atoms with Crippen molar-refractivity contribution in [2.75, 3.05) is 0 Å². The fraction of sp³-hybridized carbons (Fsp3) is 0.152. The molecule has 5 atom stereocenters. The van der Waals surface area contributed by atoms with Crippen molar-refractivity contribution in [3.05, 3.63) is 263 Å². The van der Waals surface area contributed by atoms with E-state index < -0.39 is 0 Å². The predicted octanol–water partition coefficient (Wildman–Crippen LogP) is 22.1. The van der Waals surface area contributed by atoms with Crippen molar-refractivity contribution in [2.24, 2.45) is 22.7 Å². The molecule has 17 rings (SSSR count). The van der Waals surface area contributed by atoms with Gasteiger partial charge in [-0.3, -0.25) is 4.99 Å². The van der Waals surface area contributed by atoms with E-state index in [1.54, 1.807) is 5.57 Å². The van der Waals surface area contributed by atoms with Gasteiger partial charge < -0.3 is 13.4 Å². The summed E-state index contributed by atoms with van der Waals surface area (Å²) in [5.41, 5.74) is 23.7. The third-order valence-electron chi connectivity index (χ3n) is 19.6. The van der Waals surface area contributed by atoms with Gasteiger partial charge in [0.2, 0.25) is 0 Å². The SMILES string of the molecule is CC1=C(c2cccc3oc4ccc(-c5ccc6c(c5)c5ccc7c(c5n6-c5ccccc5)C(C)[C@H](C5=CC=CCC5)Cc5ccccc5-7)cc4c23)C(C)C(C)C(c2cccc3sc4ccccc4c23)N=C1c1ccc2c(c1)oc1ccccc12. The van der Waals surface area contributed by atoms with Crippen LogP contribution >= 0.6 is 11.3 Å². The van der Waals surface area contributed by atoms with Crippen LogP contribution in [0, 0.1) is 17.8 Å². The number of rotatable bonds is 6. The smallest absolute Gasteiger partial charge is 0.136 e. The fourth-order valence-electron chi connectivity index (χ4n) is 15.4. The van der Waals surface area contributed by atoms with Crippen molar-refractivity contribution >= 4 is 108 Å². The van der Waals surface area contributed by atoms with Gasteiger partial charge in [0.25, 0.3) is 0 Å². The van der Waals surface area contributed by atoms with E-state index in [0.717, 1.165) is 80.0 Å². The van der Waals surface area contributed by atoms with Crippen LogP contribution in [0.2, 0.25) is 0 Å². The molecule has 5 heteroatoms. The fourth-order valence-corrected chi connectivity index (χ4v) is 16.6. The summed E-state index contributed by atoms with van der Waals surface area (Å²) in [6, 6.07) is 76.3. The van der Waals surface area contributed by atoms with Crippen LogP contribution in [0.3, 0.4) is 0 Å². The van der Waals surface area contributed by atoms with E-state index in [0.29, 0.717) is 5.92 Å². The molecule has 0 saturated carbocycles. The van der Waals surface area contributed by atoms with E-state index in [2.05, 4.69) is 251 Å². The molecule has 0 radical (unpaired) electrons. The molecule has 4 aromatic heterocycles. The van der Waals surface area contributed by atoms with Crippen LogP contribution < -0.4 is 0 Å². The molecular weight excluding hydrogens is 1040 g/mol. The van der Waals surface area contributed by atoms with Crippen LogP contribution in [0.4, 0.5) is 0 Å². The Balaban J connectivity index is 0.848. The van der Waals surface area contributed by atoms with E-state index in [9.17, 15) is 0 Å². The highest BCUT2D eigenvalue weighted by Crippen LogP contribution is 2.52. The second kappa shape index (κ2) is 19.1. The Hall–Kier alpha value is -9.29. The Labute approximate surface area is 492 Å². The average molecular weight is 1100 g/mol. The predicted molar refractivity (Wildman–Crippen MR) is 354 cm³/mol. The standard InChI is InChI=1S/C79H60N2O2S/c1-45-46(2)78(62-28-18-32-72-76(62)60-26-14-16-31-71(60)84-72)80-77(53-33-36-57-56-25-13-15-29-67(56)83-70(57)44-53)48(4)73(45)61-27-17-30-69-75(61)65-42-51(35-40-68(65)82-69)50-34-39-66-64(41-50)59-38-37-58-55-24-12-11-21-52(55)43-63(49-19-7-5-8-20-49)47(3)74(58)79(59)81(66)54-22-9-6-10-23-54/h5-7,9-19,21-42,44-47,63,78H,8,20,43H2,1-4H3/t45?,46?,47?,63-,78?/m1/s1. The number of nitrogens with zero attached hydrogens (tertiary/aromatic N) is 2. The molecule has 404 valence electrons.